The lowest BCUT2D eigenvalue weighted by atomic mass is 10.1. The number of carbonyl (C=O) groups excluding carboxylic acids is 1. The van der Waals surface area contributed by atoms with Gasteiger partial charge in [-0.05, 0) is 66.8 Å². The highest BCUT2D eigenvalue weighted by molar-refractivity contribution is 7.17. The fraction of sp³-hybridized carbons (Fsp3) is 0.136. The van der Waals surface area contributed by atoms with E-state index in [-0.39, 0.29) is 12.2 Å². The Morgan fingerprint density at radius 1 is 1.07 bits per heavy atom. The van der Waals surface area contributed by atoms with E-state index in [0.29, 0.717) is 15.9 Å². The highest BCUT2D eigenvalue weighted by Gasteiger charge is 2.18. The van der Waals surface area contributed by atoms with Gasteiger partial charge in [-0.3, -0.25) is 14.2 Å². The Labute approximate surface area is 174 Å². The van der Waals surface area contributed by atoms with E-state index < -0.39 is 23.0 Å². The molecule has 0 atom stereocenters. The summed E-state index contributed by atoms with van der Waals surface area (Å²) in [7, 11) is 0. The van der Waals surface area contributed by atoms with Gasteiger partial charge >= 0.3 is 5.69 Å². The summed E-state index contributed by atoms with van der Waals surface area (Å²) in [6.45, 7) is 3.53. The van der Waals surface area contributed by atoms with Gasteiger partial charge in [-0.2, -0.15) is 0 Å². The van der Waals surface area contributed by atoms with Crippen LogP contribution in [0.15, 0.2) is 63.5 Å². The predicted octanol–water partition coefficient (Wildman–Crippen LogP) is 3.61. The van der Waals surface area contributed by atoms with Crippen LogP contribution in [0.1, 0.15) is 11.1 Å². The van der Waals surface area contributed by atoms with E-state index in [1.165, 1.54) is 34.1 Å². The number of aromatic nitrogens is 2. The zero-order chi connectivity index (χ0) is 21.4. The number of thiophene rings is 1. The second kappa shape index (κ2) is 7.72. The van der Waals surface area contributed by atoms with Gasteiger partial charge in [0.25, 0.3) is 5.56 Å². The zero-order valence-corrected chi connectivity index (χ0v) is 17.1. The van der Waals surface area contributed by atoms with Crippen LogP contribution in [0.2, 0.25) is 0 Å². The molecule has 0 spiro atoms. The predicted molar refractivity (Wildman–Crippen MR) is 116 cm³/mol. The van der Waals surface area contributed by atoms with Crippen molar-refractivity contribution < 1.29 is 9.18 Å². The largest absolute Gasteiger partial charge is 0.336 e. The van der Waals surface area contributed by atoms with Crippen molar-refractivity contribution in [2.45, 2.75) is 20.4 Å². The standard InChI is InChI=1S/C22H18FN3O3S/c1-13-6-7-17(10-14(13)2)26-21(28)20-18(8-9-30-20)25(22(26)29)12-19(27)24-16-5-3-4-15(23)11-16/h3-11H,12H2,1-2H3,(H,24,27). The van der Waals surface area contributed by atoms with Crippen molar-refractivity contribution in [2.75, 3.05) is 5.32 Å². The average Bonchev–Trinajstić information content (AvgIpc) is 3.18. The first-order chi connectivity index (χ1) is 14.3. The summed E-state index contributed by atoms with van der Waals surface area (Å²) in [6.07, 6.45) is 0. The number of nitrogens with one attached hydrogen (secondary N) is 1. The molecular weight excluding hydrogens is 405 g/mol. The van der Waals surface area contributed by atoms with Crippen molar-refractivity contribution in [3.05, 3.63) is 91.7 Å². The summed E-state index contributed by atoms with van der Waals surface area (Å²) >= 11 is 1.21. The lowest BCUT2D eigenvalue weighted by molar-refractivity contribution is -0.116. The van der Waals surface area contributed by atoms with E-state index in [9.17, 15) is 18.8 Å². The first-order valence-electron chi connectivity index (χ1n) is 9.21. The van der Waals surface area contributed by atoms with Gasteiger partial charge < -0.3 is 5.32 Å². The van der Waals surface area contributed by atoms with Gasteiger partial charge in [-0.25, -0.2) is 13.8 Å². The van der Waals surface area contributed by atoms with E-state index in [1.807, 2.05) is 19.9 Å². The molecule has 2 aromatic heterocycles. The topological polar surface area (TPSA) is 73.1 Å². The van der Waals surface area contributed by atoms with Crippen LogP contribution in [-0.2, 0) is 11.3 Å². The molecule has 1 amide bonds. The molecule has 0 bridgehead atoms. The van der Waals surface area contributed by atoms with E-state index in [4.69, 9.17) is 0 Å². The summed E-state index contributed by atoms with van der Waals surface area (Å²) in [5, 5.41) is 4.29. The third-order valence-electron chi connectivity index (χ3n) is 4.91. The number of nitrogens with zero attached hydrogens (tertiary/aromatic N) is 2. The fourth-order valence-corrected chi connectivity index (χ4v) is 4.07. The Balaban J connectivity index is 1.81. The van der Waals surface area contributed by atoms with Crippen LogP contribution in [0.4, 0.5) is 10.1 Å². The maximum Gasteiger partial charge on any atom is 0.336 e. The monoisotopic (exact) mass is 423 g/mol. The Morgan fingerprint density at radius 3 is 2.60 bits per heavy atom. The van der Waals surface area contributed by atoms with Crippen LogP contribution < -0.4 is 16.6 Å². The van der Waals surface area contributed by atoms with Crippen LogP contribution in [0.5, 0.6) is 0 Å². The Morgan fingerprint density at radius 2 is 1.87 bits per heavy atom. The lowest BCUT2D eigenvalue weighted by Crippen LogP contribution is -2.40. The average molecular weight is 423 g/mol. The quantitative estimate of drug-likeness (QED) is 0.545. The molecule has 30 heavy (non-hydrogen) atoms. The zero-order valence-electron chi connectivity index (χ0n) is 16.3. The van der Waals surface area contributed by atoms with Crippen molar-refractivity contribution in [1.29, 1.82) is 0 Å². The molecule has 0 fully saturated rings. The molecule has 0 aliphatic heterocycles. The minimum absolute atomic E-state index is 0.289. The van der Waals surface area contributed by atoms with E-state index in [1.54, 1.807) is 29.6 Å². The molecule has 0 aliphatic carbocycles. The number of hydrogen-bond donors (Lipinski definition) is 1. The molecule has 152 valence electrons. The van der Waals surface area contributed by atoms with Crippen LogP contribution in [0.25, 0.3) is 15.9 Å². The first kappa shape index (κ1) is 19.8. The van der Waals surface area contributed by atoms with Crippen molar-refractivity contribution in [1.82, 2.24) is 9.13 Å². The van der Waals surface area contributed by atoms with Crippen LogP contribution >= 0.6 is 11.3 Å². The molecule has 0 saturated carbocycles. The van der Waals surface area contributed by atoms with Gasteiger partial charge in [0, 0.05) is 5.69 Å². The van der Waals surface area contributed by atoms with Crippen LogP contribution in [0, 0.1) is 19.7 Å². The number of anilines is 1. The molecule has 0 radical (unpaired) electrons. The normalized spacial score (nSPS) is 11.0. The third kappa shape index (κ3) is 3.57. The van der Waals surface area contributed by atoms with Gasteiger partial charge in [0.05, 0.1) is 11.2 Å². The van der Waals surface area contributed by atoms with Crippen molar-refractivity contribution in [3.63, 3.8) is 0 Å². The Bertz CT molecular complexity index is 1400. The number of amides is 1. The van der Waals surface area contributed by atoms with Gasteiger partial charge in [0.15, 0.2) is 0 Å². The van der Waals surface area contributed by atoms with Crippen molar-refractivity contribution in [2.24, 2.45) is 0 Å². The smallest absolute Gasteiger partial charge is 0.324 e. The number of halogens is 1. The molecule has 0 aliphatic rings. The minimum atomic E-state index is -0.608. The van der Waals surface area contributed by atoms with Crippen molar-refractivity contribution in [3.8, 4) is 5.69 Å². The van der Waals surface area contributed by atoms with E-state index in [0.717, 1.165) is 15.7 Å². The second-order valence-corrected chi connectivity index (χ2v) is 7.89. The summed E-state index contributed by atoms with van der Waals surface area (Å²) in [5.41, 5.74) is 2.09. The molecule has 1 N–H and O–H groups in total. The minimum Gasteiger partial charge on any atom is -0.324 e. The lowest BCUT2D eigenvalue weighted by Gasteiger charge is -2.13. The molecule has 2 heterocycles. The Hall–Kier alpha value is -3.52. The summed E-state index contributed by atoms with van der Waals surface area (Å²) in [4.78, 5) is 38.8. The number of fused-ring (bicyclic) bond motifs is 1. The van der Waals surface area contributed by atoms with Gasteiger partial charge in [-0.1, -0.05) is 12.1 Å². The summed E-state index contributed by atoms with van der Waals surface area (Å²) < 4.78 is 16.1. The first-order valence-corrected chi connectivity index (χ1v) is 10.1. The Kier molecular flexibility index (Phi) is 5.09. The summed E-state index contributed by atoms with van der Waals surface area (Å²) in [5.74, 6) is -0.978. The van der Waals surface area contributed by atoms with E-state index in [2.05, 4.69) is 5.32 Å². The van der Waals surface area contributed by atoms with Crippen LogP contribution in [-0.4, -0.2) is 15.0 Å². The number of aryl methyl sites for hydroxylation is 2. The second-order valence-electron chi connectivity index (χ2n) is 6.97. The molecular formula is C22H18FN3O3S. The number of carbonyl (C=O) groups is 1. The molecule has 2 aromatic carbocycles. The third-order valence-corrected chi connectivity index (χ3v) is 5.81. The van der Waals surface area contributed by atoms with Gasteiger partial charge in [0.2, 0.25) is 5.91 Å². The number of rotatable bonds is 4. The highest BCUT2D eigenvalue weighted by atomic mass is 32.1. The van der Waals surface area contributed by atoms with E-state index >= 15 is 0 Å². The van der Waals surface area contributed by atoms with Crippen molar-refractivity contribution >= 4 is 33.1 Å². The maximum absolute atomic E-state index is 13.4. The SMILES string of the molecule is Cc1ccc(-n2c(=O)c3sccc3n(CC(=O)Nc3cccc(F)c3)c2=O)cc1C. The molecule has 0 saturated heterocycles. The van der Waals surface area contributed by atoms with Gasteiger partial charge in [0.1, 0.15) is 17.1 Å². The molecule has 8 heteroatoms. The maximum atomic E-state index is 13.4. The molecule has 0 unspecified atom stereocenters. The molecule has 6 nitrogen and oxygen atoms in total. The van der Waals surface area contributed by atoms with Gasteiger partial charge in [-0.15, -0.1) is 11.3 Å². The molecule has 4 rings (SSSR count). The molecule has 4 aromatic rings. The van der Waals surface area contributed by atoms with Crippen LogP contribution in [0.3, 0.4) is 0 Å². The number of hydrogen-bond acceptors (Lipinski definition) is 4. The highest BCUT2D eigenvalue weighted by Crippen LogP contribution is 2.18. The number of benzene rings is 2. The fourth-order valence-electron chi connectivity index (χ4n) is 3.24. The summed E-state index contributed by atoms with van der Waals surface area (Å²) in [6, 6.07) is 12.5.